The maximum atomic E-state index is 10.9. The van der Waals surface area contributed by atoms with Gasteiger partial charge in [-0.2, -0.15) is 0 Å². The minimum Gasteiger partial charge on any atom is -0.410 e. The molecule has 86 valence electrons. The van der Waals surface area contributed by atoms with Gasteiger partial charge in [-0.1, -0.05) is 0 Å². The summed E-state index contributed by atoms with van der Waals surface area (Å²) in [5.41, 5.74) is 0. The first-order valence-corrected chi connectivity index (χ1v) is 4.55. The summed E-state index contributed by atoms with van der Waals surface area (Å²) >= 11 is 0. The van der Waals surface area contributed by atoms with Gasteiger partial charge in [0.2, 0.25) is 0 Å². The maximum absolute atomic E-state index is 10.9. The Morgan fingerprint density at radius 3 is 1.44 bits per heavy atom. The first kappa shape index (κ1) is 11.8. The van der Waals surface area contributed by atoms with Gasteiger partial charge in [-0.05, 0) is 24.3 Å². The Bertz CT molecular complexity index is 338. The van der Waals surface area contributed by atoms with Crippen LogP contribution >= 0.6 is 0 Å². The molecule has 0 bridgehead atoms. The average Bonchev–Trinajstić information content (AvgIpc) is 2.31. The summed E-state index contributed by atoms with van der Waals surface area (Å²) in [5.74, 6) is 0.729. The molecule has 2 N–H and O–H groups in total. The molecule has 0 aliphatic heterocycles. The topological polar surface area (TPSA) is 76.7 Å². The fourth-order valence-corrected chi connectivity index (χ4v) is 0.892. The van der Waals surface area contributed by atoms with Gasteiger partial charge in [0.1, 0.15) is 11.5 Å². The van der Waals surface area contributed by atoms with E-state index < -0.39 is 12.2 Å². The third kappa shape index (κ3) is 3.49. The Balaban J connectivity index is 2.60. The van der Waals surface area contributed by atoms with Crippen LogP contribution in [0.15, 0.2) is 24.3 Å². The first-order chi connectivity index (χ1) is 7.65. The minimum absolute atomic E-state index is 0.364. The summed E-state index contributed by atoms with van der Waals surface area (Å²) in [6, 6.07) is 6.09. The number of carbonyl (C=O) groups excluding carboxylic acids is 2. The predicted octanol–water partition coefficient (Wildman–Crippen LogP) is 1.12. The minimum atomic E-state index is -0.556. The van der Waals surface area contributed by atoms with E-state index in [1.807, 2.05) is 0 Å². The van der Waals surface area contributed by atoms with Crippen LogP contribution in [0.25, 0.3) is 0 Å². The van der Waals surface area contributed by atoms with Crippen molar-refractivity contribution < 1.29 is 19.1 Å². The lowest BCUT2D eigenvalue weighted by Crippen LogP contribution is -2.22. The van der Waals surface area contributed by atoms with Crippen molar-refractivity contribution in [2.24, 2.45) is 0 Å². The molecule has 0 saturated heterocycles. The lowest BCUT2D eigenvalue weighted by molar-refractivity contribution is 0.200. The van der Waals surface area contributed by atoms with E-state index in [0.29, 0.717) is 11.5 Å². The van der Waals surface area contributed by atoms with Gasteiger partial charge in [-0.3, -0.25) is 0 Å². The van der Waals surface area contributed by atoms with E-state index in [0.717, 1.165) is 0 Å². The molecule has 0 radical (unpaired) electrons. The quantitative estimate of drug-likeness (QED) is 0.789. The van der Waals surface area contributed by atoms with Crippen LogP contribution in [-0.2, 0) is 0 Å². The Labute approximate surface area is 92.5 Å². The second-order valence-electron chi connectivity index (χ2n) is 2.75. The molecular formula is C10H12N2O4. The van der Waals surface area contributed by atoms with Crippen LogP contribution in [0.1, 0.15) is 0 Å². The third-order valence-electron chi connectivity index (χ3n) is 1.65. The van der Waals surface area contributed by atoms with Crippen LogP contribution in [0.4, 0.5) is 9.59 Å². The molecule has 1 rings (SSSR count). The molecule has 0 heterocycles. The Morgan fingerprint density at radius 1 is 0.875 bits per heavy atom. The van der Waals surface area contributed by atoms with Crippen molar-refractivity contribution in [1.29, 1.82) is 0 Å². The zero-order valence-electron chi connectivity index (χ0n) is 8.94. The SMILES string of the molecule is CNC(=O)Oc1ccc(OC(=O)NC)cc1. The highest BCUT2D eigenvalue weighted by Crippen LogP contribution is 2.17. The normalized spacial score (nSPS) is 9.12. The average molecular weight is 224 g/mol. The molecule has 6 heteroatoms. The smallest absolute Gasteiger partial charge is 0.410 e. The van der Waals surface area contributed by atoms with Crippen molar-refractivity contribution in [1.82, 2.24) is 10.6 Å². The molecule has 0 saturated carbocycles. The number of carbonyl (C=O) groups is 2. The standard InChI is InChI=1S/C10H12N2O4/c1-11-9(13)15-7-3-5-8(6-4-7)16-10(14)12-2/h3-6H,1-2H3,(H,11,13)(H,12,14). The van der Waals surface area contributed by atoms with Crippen molar-refractivity contribution in [2.75, 3.05) is 14.1 Å². The van der Waals surface area contributed by atoms with Crippen molar-refractivity contribution in [3.8, 4) is 11.5 Å². The number of hydrogen-bond acceptors (Lipinski definition) is 4. The Hall–Kier alpha value is -2.24. The van der Waals surface area contributed by atoms with E-state index in [9.17, 15) is 9.59 Å². The van der Waals surface area contributed by atoms with Crippen molar-refractivity contribution in [3.05, 3.63) is 24.3 Å². The van der Waals surface area contributed by atoms with Crippen LogP contribution in [0.2, 0.25) is 0 Å². The largest absolute Gasteiger partial charge is 0.412 e. The Kier molecular flexibility index (Phi) is 4.14. The monoisotopic (exact) mass is 224 g/mol. The molecule has 16 heavy (non-hydrogen) atoms. The molecule has 1 aromatic carbocycles. The number of hydrogen-bond donors (Lipinski definition) is 2. The molecule has 6 nitrogen and oxygen atoms in total. The summed E-state index contributed by atoms with van der Waals surface area (Å²) in [6.45, 7) is 0. The fraction of sp³-hybridized carbons (Fsp3) is 0.200. The van der Waals surface area contributed by atoms with Crippen LogP contribution in [0.5, 0.6) is 11.5 Å². The van der Waals surface area contributed by atoms with E-state index >= 15 is 0 Å². The fourth-order valence-electron chi connectivity index (χ4n) is 0.892. The molecule has 0 spiro atoms. The number of amides is 2. The molecule has 0 atom stereocenters. The van der Waals surface area contributed by atoms with Crippen LogP contribution in [0, 0.1) is 0 Å². The summed E-state index contributed by atoms with van der Waals surface area (Å²) in [7, 11) is 2.93. The molecule has 0 aliphatic carbocycles. The predicted molar refractivity (Wildman–Crippen MR) is 56.6 cm³/mol. The third-order valence-corrected chi connectivity index (χ3v) is 1.65. The second-order valence-corrected chi connectivity index (χ2v) is 2.75. The molecule has 0 aliphatic rings. The van der Waals surface area contributed by atoms with Crippen LogP contribution in [-0.4, -0.2) is 26.3 Å². The second kappa shape index (κ2) is 5.59. The lowest BCUT2D eigenvalue weighted by atomic mass is 10.3. The van der Waals surface area contributed by atoms with Gasteiger partial charge in [0.25, 0.3) is 0 Å². The Morgan fingerprint density at radius 2 is 1.19 bits per heavy atom. The van der Waals surface area contributed by atoms with E-state index in [2.05, 4.69) is 10.6 Å². The van der Waals surface area contributed by atoms with Gasteiger partial charge in [-0.25, -0.2) is 9.59 Å². The van der Waals surface area contributed by atoms with Gasteiger partial charge in [-0.15, -0.1) is 0 Å². The van der Waals surface area contributed by atoms with Gasteiger partial charge in [0, 0.05) is 14.1 Å². The van der Waals surface area contributed by atoms with Crippen molar-refractivity contribution in [3.63, 3.8) is 0 Å². The molecular weight excluding hydrogens is 212 g/mol. The van der Waals surface area contributed by atoms with Crippen molar-refractivity contribution in [2.45, 2.75) is 0 Å². The highest BCUT2D eigenvalue weighted by molar-refractivity contribution is 5.71. The zero-order valence-corrected chi connectivity index (χ0v) is 8.94. The van der Waals surface area contributed by atoms with Gasteiger partial charge < -0.3 is 20.1 Å². The molecule has 0 aromatic heterocycles. The molecule has 1 aromatic rings. The molecule has 2 amide bonds. The molecule has 0 unspecified atom stereocenters. The highest BCUT2D eigenvalue weighted by atomic mass is 16.6. The summed E-state index contributed by atoms with van der Waals surface area (Å²) in [4.78, 5) is 21.7. The van der Waals surface area contributed by atoms with Crippen molar-refractivity contribution >= 4 is 12.2 Å². The number of benzene rings is 1. The first-order valence-electron chi connectivity index (χ1n) is 4.55. The summed E-state index contributed by atoms with van der Waals surface area (Å²) in [6.07, 6.45) is -1.11. The highest BCUT2D eigenvalue weighted by Gasteiger charge is 2.03. The lowest BCUT2D eigenvalue weighted by Gasteiger charge is -2.05. The van der Waals surface area contributed by atoms with E-state index in [4.69, 9.17) is 9.47 Å². The number of rotatable bonds is 2. The van der Waals surface area contributed by atoms with E-state index in [1.54, 1.807) is 0 Å². The van der Waals surface area contributed by atoms with E-state index in [1.165, 1.54) is 38.4 Å². The summed E-state index contributed by atoms with van der Waals surface area (Å²) in [5, 5.41) is 4.63. The van der Waals surface area contributed by atoms with Gasteiger partial charge >= 0.3 is 12.2 Å². The number of ether oxygens (including phenoxy) is 2. The summed E-state index contributed by atoms with van der Waals surface area (Å²) < 4.78 is 9.69. The van der Waals surface area contributed by atoms with Crippen LogP contribution < -0.4 is 20.1 Å². The van der Waals surface area contributed by atoms with Crippen LogP contribution in [0.3, 0.4) is 0 Å². The van der Waals surface area contributed by atoms with Gasteiger partial charge in [0.05, 0.1) is 0 Å². The zero-order chi connectivity index (χ0) is 12.0. The number of nitrogens with one attached hydrogen (secondary N) is 2. The van der Waals surface area contributed by atoms with E-state index in [-0.39, 0.29) is 0 Å². The van der Waals surface area contributed by atoms with Gasteiger partial charge in [0.15, 0.2) is 0 Å². The molecule has 0 fully saturated rings. The maximum Gasteiger partial charge on any atom is 0.412 e.